The first-order valence-electron chi connectivity index (χ1n) is 26.5. The van der Waals surface area contributed by atoms with Crippen LogP contribution in [-0.4, -0.2) is 113 Å². The van der Waals surface area contributed by atoms with Gasteiger partial charge in [-0.1, -0.05) is 43.3 Å². The number of amides is 5. The number of nitrogens with one attached hydrogen (secondary N) is 2. The number of ether oxygens (including phenoxy) is 2. The molecule has 12 rings (SSSR count). The molecule has 4 aromatic carbocycles. The van der Waals surface area contributed by atoms with Crippen molar-refractivity contribution in [2.75, 3.05) is 57.4 Å². The van der Waals surface area contributed by atoms with Gasteiger partial charge >= 0.3 is 6.03 Å². The van der Waals surface area contributed by atoms with Gasteiger partial charge < -0.3 is 35.4 Å². The Kier molecular flexibility index (Phi) is 13.0. The minimum absolute atomic E-state index is 0.124. The number of halogens is 2. The topological polar surface area (TPSA) is 185 Å². The summed E-state index contributed by atoms with van der Waals surface area (Å²) in [6.07, 6.45) is 9.12. The highest BCUT2D eigenvalue weighted by Gasteiger charge is 2.56. The average Bonchev–Trinajstić information content (AvgIpc) is 3.90. The molecule has 390 valence electrons. The highest BCUT2D eigenvalue weighted by molar-refractivity contribution is 6.09. The van der Waals surface area contributed by atoms with Gasteiger partial charge in [0.15, 0.2) is 23.0 Å². The molecule has 2 unspecified atom stereocenters. The Morgan fingerprint density at radius 2 is 1.64 bits per heavy atom. The molecule has 7 aliphatic rings. The third-order valence-electron chi connectivity index (χ3n) is 18.0. The molecular weight excluding hydrogens is 947 g/mol. The number of aromatic nitrogens is 2. The van der Waals surface area contributed by atoms with Gasteiger partial charge in [0.2, 0.25) is 17.7 Å². The van der Waals surface area contributed by atoms with E-state index >= 15 is 8.78 Å². The van der Waals surface area contributed by atoms with Crippen LogP contribution in [0.15, 0.2) is 66.7 Å². The van der Waals surface area contributed by atoms with Crippen LogP contribution in [0.25, 0.3) is 22.0 Å². The molecule has 5 heterocycles. The van der Waals surface area contributed by atoms with Gasteiger partial charge in [-0.15, -0.1) is 0 Å². The molecule has 3 aliphatic carbocycles. The quantitative estimate of drug-likeness (QED) is 0.0912. The van der Waals surface area contributed by atoms with Crippen LogP contribution in [0.1, 0.15) is 122 Å². The number of hydrogen-bond acceptors (Lipinski definition) is 10. The number of nitrogens with two attached hydrogens (primary N) is 1. The Morgan fingerprint density at radius 1 is 0.919 bits per heavy atom. The fraction of sp³-hybridized carbons (Fsp3) is 0.491. The first-order chi connectivity index (χ1) is 35.6. The number of carbonyl (C=O) groups excluding carboxylic acids is 4. The monoisotopic (exact) mass is 1010 g/mol. The molecule has 15 nitrogen and oxygen atoms in total. The lowest BCUT2D eigenvalue weighted by molar-refractivity contribution is -0.151. The standard InChI is InChI=1S/C57H66F2N8O7/c1-34-42(58)32-45-48(47(34)49-41(51(60)70)11-12-44(50(49)59)73-30-29-68)35(2)57(74-45,38-7-5-4-6-8-38)33-61-56-21-18-55(19-22-56,20-23-56)53(71)66-26-15-39(16-27-66)65-24-13-36(14-25-65)37-9-10-40-43(31-37)64(3)63-52(40)67-28-17-46(69)62-54(67)72/h4-12,31-32,35-36,39,61,68H,13-30,33H2,1-3H3,(H2,60,70)(H,62,69,72). The molecule has 5 N–H and O–H groups in total. The number of benzene rings is 4. The van der Waals surface area contributed by atoms with Crippen molar-refractivity contribution in [3.8, 4) is 22.6 Å². The molecule has 0 radical (unpaired) electrons. The summed E-state index contributed by atoms with van der Waals surface area (Å²) >= 11 is 0. The van der Waals surface area contributed by atoms with Crippen LogP contribution in [0.2, 0.25) is 0 Å². The third kappa shape index (κ3) is 8.48. The van der Waals surface area contributed by atoms with E-state index in [0.29, 0.717) is 42.3 Å². The number of rotatable bonds is 13. The van der Waals surface area contributed by atoms with Crippen molar-refractivity contribution in [3.05, 3.63) is 106 Å². The number of urea groups is 1. The SMILES string of the molecule is Cc1c(F)cc2c(c1-c1c(C(N)=O)ccc(OCCO)c1F)C(C)C(CNC13CCC(C(=O)N4CCC(N5CCC(c6ccc7c(N8CCC(=O)NC8=O)nn(C)c7c6)CC5)CC4)(CC1)CC3)(c1ccccc1)O2. The largest absolute Gasteiger partial charge is 0.488 e. The number of fused-ring (bicyclic) bond motifs is 5. The Hall–Kier alpha value is -6.43. The summed E-state index contributed by atoms with van der Waals surface area (Å²) in [5, 5.41) is 21.4. The maximum Gasteiger partial charge on any atom is 0.329 e. The number of piperidine rings is 2. The molecule has 3 saturated heterocycles. The minimum Gasteiger partial charge on any atom is -0.488 e. The van der Waals surface area contributed by atoms with Gasteiger partial charge in [-0.25, -0.2) is 13.6 Å². The maximum atomic E-state index is 16.6. The second-order valence-corrected chi connectivity index (χ2v) is 21.8. The van der Waals surface area contributed by atoms with E-state index in [1.54, 1.807) is 11.8 Å². The highest BCUT2D eigenvalue weighted by atomic mass is 19.1. The molecule has 6 fully saturated rings. The Bertz CT molecular complexity index is 3020. The van der Waals surface area contributed by atoms with E-state index in [0.717, 1.165) is 107 Å². The smallest absolute Gasteiger partial charge is 0.329 e. The van der Waals surface area contributed by atoms with Gasteiger partial charge in [0.05, 0.1) is 17.7 Å². The fourth-order valence-corrected chi connectivity index (χ4v) is 13.6. The molecule has 1 aromatic heterocycles. The Labute approximate surface area is 429 Å². The summed E-state index contributed by atoms with van der Waals surface area (Å²) in [6.45, 7) is 7.21. The number of nitrogens with zero attached hydrogens (tertiary/aromatic N) is 5. The molecule has 2 bridgehead atoms. The fourth-order valence-electron chi connectivity index (χ4n) is 13.6. The summed E-state index contributed by atoms with van der Waals surface area (Å²) in [6, 6.07) is 20.2. The zero-order valence-corrected chi connectivity index (χ0v) is 42.5. The average molecular weight is 1010 g/mol. The van der Waals surface area contributed by atoms with Crippen LogP contribution in [0.5, 0.6) is 11.5 Å². The number of carbonyl (C=O) groups is 4. The van der Waals surface area contributed by atoms with Crippen LogP contribution < -0.4 is 30.7 Å². The molecule has 74 heavy (non-hydrogen) atoms. The molecular formula is C57H66F2N8O7. The lowest BCUT2D eigenvalue weighted by Crippen LogP contribution is -2.62. The first kappa shape index (κ1) is 49.8. The number of likely N-dealkylation sites (tertiary alicyclic amines) is 2. The van der Waals surface area contributed by atoms with Crippen molar-refractivity contribution in [1.29, 1.82) is 0 Å². The van der Waals surface area contributed by atoms with Crippen LogP contribution in [0.4, 0.5) is 19.4 Å². The zero-order valence-electron chi connectivity index (χ0n) is 42.5. The van der Waals surface area contributed by atoms with Crippen LogP contribution in [0, 0.1) is 24.0 Å². The molecule has 2 atom stereocenters. The van der Waals surface area contributed by atoms with Gasteiger partial charge in [-0.3, -0.25) is 29.3 Å². The van der Waals surface area contributed by atoms with Crippen molar-refractivity contribution < 1.29 is 42.5 Å². The van der Waals surface area contributed by atoms with E-state index in [2.05, 4.69) is 43.7 Å². The van der Waals surface area contributed by atoms with Crippen LogP contribution in [0.3, 0.4) is 0 Å². The molecule has 5 aromatic rings. The number of imide groups is 1. The molecule has 3 saturated carbocycles. The highest BCUT2D eigenvalue weighted by Crippen LogP contribution is 2.58. The summed E-state index contributed by atoms with van der Waals surface area (Å²) in [7, 11) is 1.89. The first-order valence-corrected chi connectivity index (χ1v) is 26.5. The second-order valence-electron chi connectivity index (χ2n) is 21.8. The zero-order chi connectivity index (χ0) is 51.7. The normalized spacial score (nSPS) is 25.6. The third-order valence-corrected chi connectivity index (χ3v) is 18.0. The van der Waals surface area contributed by atoms with E-state index in [4.69, 9.17) is 15.2 Å². The Morgan fingerprint density at radius 3 is 2.31 bits per heavy atom. The van der Waals surface area contributed by atoms with Gasteiger partial charge in [0, 0.05) is 85.1 Å². The molecule has 5 amide bonds. The Balaban J connectivity index is 0.732. The predicted molar refractivity (Wildman–Crippen MR) is 275 cm³/mol. The molecule has 4 aliphatic heterocycles. The van der Waals surface area contributed by atoms with E-state index in [1.165, 1.54) is 23.8 Å². The van der Waals surface area contributed by atoms with Crippen LogP contribution in [-0.2, 0) is 22.2 Å². The van der Waals surface area contributed by atoms with Crippen molar-refractivity contribution >= 4 is 40.5 Å². The van der Waals surface area contributed by atoms with E-state index in [1.807, 2.05) is 49.0 Å². The van der Waals surface area contributed by atoms with Gasteiger partial charge in [0.1, 0.15) is 18.2 Å². The lowest BCUT2D eigenvalue weighted by Gasteiger charge is -2.55. The minimum atomic E-state index is -1.05. The van der Waals surface area contributed by atoms with Crippen molar-refractivity contribution in [3.63, 3.8) is 0 Å². The lowest BCUT2D eigenvalue weighted by atomic mass is 9.56. The van der Waals surface area contributed by atoms with Gasteiger partial charge in [-0.2, -0.15) is 5.10 Å². The van der Waals surface area contributed by atoms with Crippen molar-refractivity contribution in [2.45, 2.75) is 113 Å². The van der Waals surface area contributed by atoms with Gasteiger partial charge in [-0.05, 0) is 137 Å². The summed E-state index contributed by atoms with van der Waals surface area (Å²) in [5.74, 6) is -1.77. The maximum absolute atomic E-state index is 16.6. The molecule has 0 spiro atoms. The number of aliphatic hydroxyl groups is 1. The van der Waals surface area contributed by atoms with Gasteiger partial charge in [0.25, 0.3) is 0 Å². The number of hydrogen-bond donors (Lipinski definition) is 4. The summed E-state index contributed by atoms with van der Waals surface area (Å²) in [5.41, 5.74) is 7.86. The second kappa shape index (κ2) is 19.4. The summed E-state index contributed by atoms with van der Waals surface area (Å²) < 4.78 is 47.1. The van der Waals surface area contributed by atoms with E-state index in [9.17, 15) is 24.3 Å². The predicted octanol–water partition coefficient (Wildman–Crippen LogP) is 7.69. The molecule has 17 heteroatoms. The van der Waals surface area contributed by atoms with Crippen molar-refractivity contribution in [2.24, 2.45) is 18.2 Å². The van der Waals surface area contributed by atoms with E-state index < -0.39 is 35.1 Å². The number of aliphatic hydroxyl groups excluding tert-OH is 1. The summed E-state index contributed by atoms with van der Waals surface area (Å²) in [4.78, 5) is 58.2. The van der Waals surface area contributed by atoms with Crippen LogP contribution >= 0.6 is 0 Å². The van der Waals surface area contributed by atoms with Crippen molar-refractivity contribution in [1.82, 2.24) is 30.2 Å². The van der Waals surface area contributed by atoms with E-state index in [-0.39, 0.29) is 70.2 Å². The number of aryl methyl sites for hydroxylation is 1. The number of primary amides is 1. The number of anilines is 1.